The number of anilines is 1. The van der Waals surface area contributed by atoms with Gasteiger partial charge in [0.1, 0.15) is 0 Å². The minimum absolute atomic E-state index is 0.716. The smallest absolute Gasteiger partial charge is 0.0399 e. The Morgan fingerprint density at radius 2 is 1.65 bits per heavy atom. The highest BCUT2D eigenvalue weighted by Gasteiger charge is 2.09. The third-order valence-corrected chi connectivity index (χ3v) is 3.92. The molecule has 0 aliphatic rings. The van der Waals surface area contributed by atoms with Crippen LogP contribution in [-0.2, 0) is 6.42 Å². The molecule has 0 fully saturated rings. The summed E-state index contributed by atoms with van der Waals surface area (Å²) in [4.78, 5) is 4.97. The molecule has 1 aromatic rings. The third-order valence-electron chi connectivity index (χ3n) is 3.92. The molecule has 3 heteroatoms. The second-order valence-corrected chi connectivity index (χ2v) is 5.13. The number of hydrogen-bond acceptors (Lipinski definition) is 3. The minimum atomic E-state index is 0.716. The van der Waals surface area contributed by atoms with E-state index in [1.165, 1.54) is 24.2 Å². The van der Waals surface area contributed by atoms with E-state index in [-0.39, 0.29) is 0 Å². The Balaban J connectivity index is 2.61. The molecule has 0 aliphatic carbocycles. The number of hydrogen-bond donors (Lipinski definition) is 1. The van der Waals surface area contributed by atoms with Crippen LogP contribution in [0.4, 0.5) is 5.69 Å². The van der Waals surface area contributed by atoms with Gasteiger partial charge in [-0.05, 0) is 57.6 Å². The first-order chi connectivity index (χ1) is 9.76. The number of rotatable bonds is 10. The lowest BCUT2D eigenvalue weighted by Gasteiger charge is -2.27. The largest absolute Gasteiger partial charge is 0.372 e. The molecule has 1 aromatic carbocycles. The Labute approximate surface area is 124 Å². The van der Waals surface area contributed by atoms with Gasteiger partial charge in [0.2, 0.25) is 0 Å². The molecule has 0 saturated heterocycles. The van der Waals surface area contributed by atoms with Crippen LogP contribution in [0.3, 0.4) is 0 Å². The van der Waals surface area contributed by atoms with Crippen LogP contribution in [0.25, 0.3) is 0 Å². The second-order valence-electron chi connectivity index (χ2n) is 5.13. The van der Waals surface area contributed by atoms with Gasteiger partial charge < -0.3 is 15.5 Å². The van der Waals surface area contributed by atoms with E-state index >= 15 is 0 Å². The fourth-order valence-electron chi connectivity index (χ4n) is 2.66. The zero-order valence-corrected chi connectivity index (χ0v) is 13.4. The van der Waals surface area contributed by atoms with Crippen LogP contribution >= 0.6 is 0 Å². The molecule has 0 saturated carbocycles. The van der Waals surface area contributed by atoms with Gasteiger partial charge in [-0.3, -0.25) is 0 Å². The Bertz CT molecular complexity index is 361. The van der Waals surface area contributed by atoms with Crippen molar-refractivity contribution in [3.63, 3.8) is 0 Å². The predicted octanol–water partition coefficient (Wildman–Crippen LogP) is 2.75. The van der Waals surface area contributed by atoms with Crippen LogP contribution < -0.4 is 10.6 Å². The summed E-state index contributed by atoms with van der Waals surface area (Å²) in [6.45, 7) is 13.1. The van der Waals surface area contributed by atoms with E-state index in [0.29, 0.717) is 6.54 Å². The highest BCUT2D eigenvalue weighted by molar-refractivity contribution is 5.53. The molecule has 3 nitrogen and oxygen atoms in total. The summed E-state index contributed by atoms with van der Waals surface area (Å²) in [6, 6.07) is 8.67. The van der Waals surface area contributed by atoms with Crippen LogP contribution in [-0.4, -0.2) is 44.2 Å². The molecular weight excluding hydrogens is 246 g/mol. The van der Waals surface area contributed by atoms with Crippen molar-refractivity contribution < 1.29 is 0 Å². The first-order valence-electron chi connectivity index (χ1n) is 8.02. The quantitative estimate of drug-likeness (QED) is 0.714. The molecule has 0 radical (unpaired) electrons. The number of nitrogens with two attached hydrogens (primary N) is 1. The van der Waals surface area contributed by atoms with Gasteiger partial charge in [-0.1, -0.05) is 32.0 Å². The van der Waals surface area contributed by atoms with E-state index in [1.807, 2.05) is 0 Å². The van der Waals surface area contributed by atoms with Gasteiger partial charge in [-0.25, -0.2) is 0 Å². The van der Waals surface area contributed by atoms with Gasteiger partial charge in [0, 0.05) is 18.8 Å². The lowest BCUT2D eigenvalue weighted by atomic mass is 10.1. The van der Waals surface area contributed by atoms with E-state index in [2.05, 4.69) is 54.8 Å². The Morgan fingerprint density at radius 1 is 0.950 bits per heavy atom. The van der Waals surface area contributed by atoms with Gasteiger partial charge in [0.25, 0.3) is 0 Å². The molecule has 2 N–H and O–H groups in total. The van der Waals surface area contributed by atoms with Crippen molar-refractivity contribution in [3.8, 4) is 0 Å². The van der Waals surface area contributed by atoms with E-state index < -0.39 is 0 Å². The third kappa shape index (κ3) is 5.14. The fourth-order valence-corrected chi connectivity index (χ4v) is 2.66. The SMILES string of the molecule is CCN(CC)CCCN(CC)c1ccccc1CCN. The molecule has 20 heavy (non-hydrogen) atoms. The maximum Gasteiger partial charge on any atom is 0.0399 e. The predicted molar refractivity (Wildman–Crippen MR) is 89.5 cm³/mol. The normalized spacial score (nSPS) is 11.1. The van der Waals surface area contributed by atoms with Crippen molar-refractivity contribution in [2.45, 2.75) is 33.6 Å². The molecule has 1 rings (SSSR count). The lowest BCUT2D eigenvalue weighted by molar-refractivity contribution is 0.300. The van der Waals surface area contributed by atoms with Crippen molar-refractivity contribution in [1.29, 1.82) is 0 Å². The topological polar surface area (TPSA) is 32.5 Å². The van der Waals surface area contributed by atoms with Gasteiger partial charge in [0.05, 0.1) is 0 Å². The zero-order valence-electron chi connectivity index (χ0n) is 13.4. The molecule has 0 spiro atoms. The van der Waals surface area contributed by atoms with Crippen molar-refractivity contribution in [3.05, 3.63) is 29.8 Å². The van der Waals surface area contributed by atoms with Gasteiger partial charge in [-0.15, -0.1) is 0 Å². The molecule has 0 aliphatic heterocycles. The van der Waals surface area contributed by atoms with Crippen LogP contribution in [0.2, 0.25) is 0 Å². The van der Waals surface area contributed by atoms with Crippen LogP contribution in [0.1, 0.15) is 32.8 Å². The fraction of sp³-hybridized carbons (Fsp3) is 0.647. The summed E-state index contributed by atoms with van der Waals surface area (Å²) in [5, 5.41) is 0. The van der Waals surface area contributed by atoms with Gasteiger partial charge >= 0.3 is 0 Å². The second kappa shape index (κ2) is 9.78. The van der Waals surface area contributed by atoms with E-state index in [4.69, 9.17) is 5.73 Å². The minimum Gasteiger partial charge on any atom is -0.372 e. The first-order valence-corrected chi connectivity index (χ1v) is 8.02. The van der Waals surface area contributed by atoms with E-state index in [0.717, 1.165) is 32.6 Å². The van der Waals surface area contributed by atoms with Gasteiger partial charge in [-0.2, -0.15) is 0 Å². The standard InChI is InChI=1S/C17H31N3/c1-4-19(5-2)14-9-15-20(6-3)17-11-8-7-10-16(17)12-13-18/h7-8,10-11H,4-6,9,12-15,18H2,1-3H3. The number of benzene rings is 1. The molecule has 0 bridgehead atoms. The van der Waals surface area contributed by atoms with E-state index in [9.17, 15) is 0 Å². The number of para-hydroxylation sites is 1. The molecule has 0 unspecified atom stereocenters. The maximum absolute atomic E-state index is 5.72. The maximum atomic E-state index is 5.72. The van der Waals surface area contributed by atoms with Crippen molar-refractivity contribution in [2.75, 3.05) is 44.2 Å². The molecule has 0 aromatic heterocycles. The summed E-state index contributed by atoms with van der Waals surface area (Å²) in [7, 11) is 0. The summed E-state index contributed by atoms with van der Waals surface area (Å²) in [6.07, 6.45) is 2.18. The highest BCUT2D eigenvalue weighted by atomic mass is 15.1. The lowest BCUT2D eigenvalue weighted by Crippen LogP contribution is -2.30. The monoisotopic (exact) mass is 277 g/mol. The zero-order chi connectivity index (χ0) is 14.8. The van der Waals surface area contributed by atoms with Crippen molar-refractivity contribution >= 4 is 5.69 Å². The Morgan fingerprint density at radius 3 is 2.25 bits per heavy atom. The average molecular weight is 277 g/mol. The van der Waals surface area contributed by atoms with Crippen LogP contribution in [0.15, 0.2) is 24.3 Å². The number of nitrogens with zero attached hydrogens (tertiary/aromatic N) is 2. The summed E-state index contributed by atoms with van der Waals surface area (Å²) in [5.74, 6) is 0. The Hall–Kier alpha value is -1.06. The molecular formula is C17H31N3. The van der Waals surface area contributed by atoms with Crippen LogP contribution in [0, 0.1) is 0 Å². The first kappa shape index (κ1) is 17.0. The van der Waals surface area contributed by atoms with E-state index in [1.54, 1.807) is 0 Å². The Kier molecular flexibility index (Phi) is 8.31. The molecule has 0 heterocycles. The summed E-state index contributed by atoms with van der Waals surface area (Å²) in [5.41, 5.74) is 8.46. The summed E-state index contributed by atoms with van der Waals surface area (Å²) >= 11 is 0. The molecule has 114 valence electrons. The van der Waals surface area contributed by atoms with Crippen molar-refractivity contribution in [2.24, 2.45) is 5.73 Å². The summed E-state index contributed by atoms with van der Waals surface area (Å²) < 4.78 is 0. The van der Waals surface area contributed by atoms with Gasteiger partial charge in [0.15, 0.2) is 0 Å². The van der Waals surface area contributed by atoms with Crippen molar-refractivity contribution in [1.82, 2.24) is 4.90 Å². The van der Waals surface area contributed by atoms with Crippen LogP contribution in [0.5, 0.6) is 0 Å². The molecule has 0 amide bonds. The average Bonchev–Trinajstić information content (AvgIpc) is 2.49. The highest BCUT2D eigenvalue weighted by Crippen LogP contribution is 2.20. The molecule has 0 atom stereocenters.